The van der Waals surface area contributed by atoms with Crippen LogP contribution in [0.1, 0.15) is 16.7 Å². The molecule has 0 spiro atoms. The molecule has 0 N–H and O–H groups in total. The Bertz CT molecular complexity index is 1030. The van der Waals surface area contributed by atoms with Crippen molar-refractivity contribution in [3.05, 3.63) is 69.6 Å². The average Bonchev–Trinajstić information content (AvgIpc) is 2.66. The topological polar surface area (TPSA) is 75.0 Å². The number of hydrogen-bond acceptors (Lipinski definition) is 6. The first-order valence-electron chi connectivity index (χ1n) is 8.42. The van der Waals surface area contributed by atoms with Gasteiger partial charge in [-0.3, -0.25) is 0 Å². The van der Waals surface area contributed by atoms with E-state index < -0.39 is 11.6 Å². The summed E-state index contributed by atoms with van der Waals surface area (Å²) in [5.41, 5.74) is 2.64. The molecule has 0 unspecified atom stereocenters. The molecule has 140 valence electrons. The van der Waals surface area contributed by atoms with Crippen LogP contribution in [0.15, 0.2) is 51.7 Å². The fourth-order valence-corrected chi connectivity index (χ4v) is 2.60. The zero-order valence-corrected chi connectivity index (χ0v) is 15.4. The van der Waals surface area contributed by atoms with Gasteiger partial charge in [0.05, 0.1) is 7.11 Å². The van der Waals surface area contributed by atoms with Crippen LogP contribution < -0.4 is 15.1 Å². The van der Waals surface area contributed by atoms with Gasteiger partial charge in [-0.25, -0.2) is 9.59 Å². The molecule has 0 bridgehead atoms. The van der Waals surface area contributed by atoms with Crippen molar-refractivity contribution in [3.8, 4) is 11.5 Å². The molecule has 6 nitrogen and oxygen atoms in total. The maximum atomic E-state index is 12.0. The lowest BCUT2D eigenvalue weighted by molar-refractivity contribution is -0.147. The molecule has 3 aromatic rings. The summed E-state index contributed by atoms with van der Waals surface area (Å²) in [7, 11) is 1.53. The number of methoxy groups -OCH3 is 1. The summed E-state index contributed by atoms with van der Waals surface area (Å²) >= 11 is 0. The lowest BCUT2D eigenvalue weighted by atomic mass is 10.1. The van der Waals surface area contributed by atoms with E-state index >= 15 is 0 Å². The highest BCUT2D eigenvalue weighted by atomic mass is 16.6. The van der Waals surface area contributed by atoms with Gasteiger partial charge in [0.25, 0.3) is 0 Å². The molecule has 0 radical (unpaired) electrons. The molecule has 0 aliphatic rings. The monoisotopic (exact) mass is 368 g/mol. The molecule has 27 heavy (non-hydrogen) atoms. The van der Waals surface area contributed by atoms with Crippen LogP contribution in [0.5, 0.6) is 11.5 Å². The van der Waals surface area contributed by atoms with E-state index in [-0.39, 0.29) is 13.2 Å². The molecule has 0 saturated heterocycles. The summed E-state index contributed by atoms with van der Waals surface area (Å²) in [6, 6.07) is 12.0. The highest BCUT2D eigenvalue weighted by Crippen LogP contribution is 2.23. The zero-order chi connectivity index (χ0) is 19.4. The quantitative estimate of drug-likeness (QED) is 0.489. The highest BCUT2D eigenvalue weighted by Gasteiger charge is 2.11. The van der Waals surface area contributed by atoms with Crippen molar-refractivity contribution in [2.75, 3.05) is 13.7 Å². The maximum absolute atomic E-state index is 12.0. The van der Waals surface area contributed by atoms with Crippen LogP contribution in [0, 0.1) is 13.8 Å². The lowest BCUT2D eigenvalue weighted by Crippen LogP contribution is -2.15. The molecule has 0 amide bonds. The summed E-state index contributed by atoms with van der Waals surface area (Å²) in [5.74, 6) is 0.651. The number of esters is 1. The van der Waals surface area contributed by atoms with Gasteiger partial charge in [-0.15, -0.1) is 0 Å². The number of aryl methyl sites for hydroxylation is 2. The van der Waals surface area contributed by atoms with Crippen molar-refractivity contribution in [3.63, 3.8) is 0 Å². The molecule has 0 saturated carbocycles. The standard InChI is InChI=1S/C21H20O6/c1-13-4-5-17(8-14(13)2)25-12-21(23)26-11-15-9-20(22)27-19-10-16(24-3)6-7-18(15)19/h4-10H,11-12H2,1-3H3. The SMILES string of the molecule is COc1ccc2c(COC(=O)COc3ccc(C)c(C)c3)cc(=O)oc2c1. The second-order valence-electron chi connectivity index (χ2n) is 6.15. The van der Waals surface area contributed by atoms with Gasteiger partial charge in [-0.2, -0.15) is 0 Å². The predicted molar refractivity (Wildman–Crippen MR) is 100 cm³/mol. The Kier molecular flexibility index (Phi) is 5.45. The van der Waals surface area contributed by atoms with E-state index in [1.807, 2.05) is 26.0 Å². The van der Waals surface area contributed by atoms with Gasteiger partial charge < -0.3 is 18.6 Å². The maximum Gasteiger partial charge on any atom is 0.344 e. The average molecular weight is 368 g/mol. The Balaban J connectivity index is 1.66. The summed E-state index contributed by atoms with van der Waals surface area (Å²) in [6.45, 7) is 3.71. The third kappa shape index (κ3) is 4.47. The van der Waals surface area contributed by atoms with Gasteiger partial charge >= 0.3 is 11.6 Å². The first kappa shape index (κ1) is 18.5. The number of fused-ring (bicyclic) bond motifs is 1. The van der Waals surface area contributed by atoms with Gasteiger partial charge in [0, 0.05) is 23.1 Å². The lowest BCUT2D eigenvalue weighted by Gasteiger charge is -2.10. The fourth-order valence-electron chi connectivity index (χ4n) is 2.60. The minimum atomic E-state index is -0.525. The van der Waals surface area contributed by atoms with Gasteiger partial charge in [0.1, 0.15) is 23.7 Å². The third-order valence-electron chi connectivity index (χ3n) is 4.26. The first-order chi connectivity index (χ1) is 13.0. The Morgan fingerprint density at radius 2 is 1.78 bits per heavy atom. The summed E-state index contributed by atoms with van der Waals surface area (Å²) in [5, 5.41) is 0.679. The minimum absolute atomic E-state index is 0.0520. The van der Waals surface area contributed by atoms with Gasteiger partial charge in [-0.1, -0.05) is 6.07 Å². The van der Waals surface area contributed by atoms with E-state index in [1.54, 1.807) is 24.3 Å². The molecule has 0 aliphatic carbocycles. The van der Waals surface area contributed by atoms with E-state index in [2.05, 4.69) is 0 Å². The highest BCUT2D eigenvalue weighted by molar-refractivity contribution is 5.81. The minimum Gasteiger partial charge on any atom is -0.497 e. The molecule has 0 fully saturated rings. The van der Waals surface area contributed by atoms with Crippen LogP contribution in [0.3, 0.4) is 0 Å². The van der Waals surface area contributed by atoms with Crippen molar-refractivity contribution >= 4 is 16.9 Å². The van der Waals surface area contributed by atoms with Crippen molar-refractivity contribution in [1.82, 2.24) is 0 Å². The zero-order valence-electron chi connectivity index (χ0n) is 15.4. The van der Waals surface area contributed by atoms with Crippen molar-refractivity contribution in [1.29, 1.82) is 0 Å². The van der Waals surface area contributed by atoms with E-state index in [4.69, 9.17) is 18.6 Å². The summed E-state index contributed by atoms with van der Waals surface area (Å²) in [4.78, 5) is 23.7. The number of carbonyl (C=O) groups excluding carboxylic acids is 1. The summed E-state index contributed by atoms with van der Waals surface area (Å²) < 4.78 is 21.0. The second-order valence-corrected chi connectivity index (χ2v) is 6.15. The van der Waals surface area contributed by atoms with Crippen LogP contribution in [-0.4, -0.2) is 19.7 Å². The Morgan fingerprint density at radius 1 is 1.00 bits per heavy atom. The van der Waals surface area contributed by atoms with Crippen molar-refractivity contribution < 1.29 is 23.4 Å². The van der Waals surface area contributed by atoms with E-state index in [0.29, 0.717) is 28.0 Å². The molecule has 2 aromatic carbocycles. The molecular weight excluding hydrogens is 348 g/mol. The van der Waals surface area contributed by atoms with Crippen LogP contribution in [0.4, 0.5) is 0 Å². The van der Waals surface area contributed by atoms with Crippen LogP contribution in [0.2, 0.25) is 0 Å². The molecule has 6 heteroatoms. The second kappa shape index (κ2) is 7.95. The number of carbonyl (C=O) groups is 1. The number of rotatable bonds is 6. The number of benzene rings is 2. The molecule has 1 heterocycles. The Labute approximate surface area is 156 Å². The molecule has 1 aromatic heterocycles. The van der Waals surface area contributed by atoms with Gasteiger partial charge in [0.2, 0.25) is 0 Å². The van der Waals surface area contributed by atoms with Crippen molar-refractivity contribution in [2.24, 2.45) is 0 Å². The summed E-state index contributed by atoms with van der Waals surface area (Å²) in [6.07, 6.45) is 0. The van der Waals surface area contributed by atoms with Gasteiger partial charge in [0.15, 0.2) is 6.61 Å². The molecular formula is C21H20O6. The Hall–Kier alpha value is -3.28. The fraction of sp³-hybridized carbons (Fsp3) is 0.238. The van der Waals surface area contributed by atoms with Crippen LogP contribution >= 0.6 is 0 Å². The van der Waals surface area contributed by atoms with Crippen LogP contribution in [-0.2, 0) is 16.1 Å². The van der Waals surface area contributed by atoms with E-state index in [0.717, 1.165) is 11.1 Å². The Morgan fingerprint density at radius 3 is 2.52 bits per heavy atom. The molecule has 0 atom stereocenters. The largest absolute Gasteiger partial charge is 0.497 e. The third-order valence-corrected chi connectivity index (χ3v) is 4.26. The van der Waals surface area contributed by atoms with E-state index in [9.17, 15) is 9.59 Å². The smallest absolute Gasteiger partial charge is 0.344 e. The van der Waals surface area contributed by atoms with E-state index in [1.165, 1.54) is 13.2 Å². The molecule has 0 aliphatic heterocycles. The van der Waals surface area contributed by atoms with Crippen LogP contribution in [0.25, 0.3) is 11.0 Å². The number of hydrogen-bond donors (Lipinski definition) is 0. The normalized spacial score (nSPS) is 10.6. The predicted octanol–water partition coefficient (Wildman–Crippen LogP) is 3.54. The number of ether oxygens (including phenoxy) is 3. The first-order valence-corrected chi connectivity index (χ1v) is 8.42. The van der Waals surface area contributed by atoms with Crippen molar-refractivity contribution in [2.45, 2.75) is 20.5 Å². The molecule has 3 rings (SSSR count). The van der Waals surface area contributed by atoms with Gasteiger partial charge in [-0.05, 0) is 49.2 Å².